The van der Waals surface area contributed by atoms with E-state index in [0.717, 1.165) is 5.56 Å². The third-order valence-corrected chi connectivity index (χ3v) is 6.02. The van der Waals surface area contributed by atoms with E-state index in [9.17, 15) is 14.3 Å². The number of halogens is 1. The Bertz CT molecular complexity index is 891. The van der Waals surface area contributed by atoms with Gasteiger partial charge in [0.25, 0.3) is 0 Å². The van der Waals surface area contributed by atoms with Gasteiger partial charge >= 0.3 is 0 Å². The van der Waals surface area contributed by atoms with Crippen LogP contribution < -0.4 is 10.6 Å². The molecule has 1 amide bonds. The molecule has 2 aromatic rings. The van der Waals surface area contributed by atoms with Gasteiger partial charge in [-0.15, -0.1) is 0 Å². The fourth-order valence-electron chi connectivity index (χ4n) is 4.25. The van der Waals surface area contributed by atoms with Crippen molar-refractivity contribution in [1.82, 2.24) is 10.6 Å². The molecule has 2 saturated heterocycles. The van der Waals surface area contributed by atoms with Gasteiger partial charge in [-0.25, -0.2) is 4.39 Å². The van der Waals surface area contributed by atoms with Crippen molar-refractivity contribution in [3.05, 3.63) is 71.0 Å². The Labute approximate surface area is 181 Å². The second-order valence-electron chi connectivity index (χ2n) is 8.33. The topological polar surface area (TPSA) is 79.8 Å². The molecule has 5 atom stereocenters. The third-order valence-electron chi connectivity index (χ3n) is 6.02. The first-order valence-corrected chi connectivity index (χ1v) is 10.7. The molecule has 7 heteroatoms. The van der Waals surface area contributed by atoms with E-state index in [1.54, 1.807) is 12.1 Å². The number of aliphatic hydroxyl groups is 1. The molecule has 2 fully saturated rings. The van der Waals surface area contributed by atoms with Crippen LogP contribution in [0.4, 0.5) is 4.39 Å². The molecule has 3 N–H and O–H groups in total. The molecule has 0 spiro atoms. The molecule has 5 unspecified atom stereocenters. The van der Waals surface area contributed by atoms with E-state index in [1.165, 1.54) is 23.3 Å². The Morgan fingerprint density at radius 1 is 1.13 bits per heavy atom. The molecule has 4 rings (SSSR count). The second kappa shape index (κ2) is 9.87. The van der Waals surface area contributed by atoms with Gasteiger partial charge in [0.05, 0.1) is 24.7 Å². The van der Waals surface area contributed by atoms with Crippen LogP contribution in [0, 0.1) is 12.7 Å². The monoisotopic (exact) mass is 428 g/mol. The lowest BCUT2D eigenvalue weighted by Crippen LogP contribution is -2.39. The molecule has 0 bridgehead atoms. The van der Waals surface area contributed by atoms with Crippen molar-refractivity contribution in [2.45, 2.75) is 63.4 Å². The van der Waals surface area contributed by atoms with Crippen LogP contribution in [-0.2, 0) is 27.4 Å². The lowest BCUT2D eigenvalue weighted by molar-refractivity contribution is -0.124. The second-order valence-corrected chi connectivity index (χ2v) is 8.33. The maximum Gasteiger partial charge on any atom is 0.222 e. The van der Waals surface area contributed by atoms with Gasteiger partial charge in [-0.2, -0.15) is 0 Å². The predicted molar refractivity (Wildman–Crippen MR) is 114 cm³/mol. The molecule has 0 aromatic heterocycles. The number of aryl methyl sites for hydroxylation is 1. The molecular weight excluding hydrogens is 399 g/mol. The first-order valence-electron chi connectivity index (χ1n) is 10.7. The summed E-state index contributed by atoms with van der Waals surface area (Å²) >= 11 is 0. The third kappa shape index (κ3) is 5.49. The van der Waals surface area contributed by atoms with Crippen molar-refractivity contribution in [1.29, 1.82) is 0 Å². The molecule has 0 radical (unpaired) electrons. The number of carbonyl (C=O) groups excluding carboxylic acids is 1. The molecule has 166 valence electrons. The van der Waals surface area contributed by atoms with Gasteiger partial charge in [0.15, 0.2) is 0 Å². The Morgan fingerprint density at radius 3 is 2.65 bits per heavy atom. The first kappa shape index (κ1) is 21.9. The summed E-state index contributed by atoms with van der Waals surface area (Å²) in [5.74, 6) is -0.441. The number of hydrogen-bond donors (Lipinski definition) is 3. The van der Waals surface area contributed by atoms with Crippen LogP contribution in [-0.4, -0.2) is 48.1 Å². The minimum Gasteiger partial charge on any atom is -0.388 e. The summed E-state index contributed by atoms with van der Waals surface area (Å²) < 4.78 is 24.9. The average molecular weight is 429 g/mol. The van der Waals surface area contributed by atoms with E-state index in [1.807, 2.05) is 12.1 Å². The maximum absolute atomic E-state index is 12.9. The molecule has 2 aliphatic rings. The summed E-state index contributed by atoms with van der Waals surface area (Å²) in [6.45, 7) is 3.67. The van der Waals surface area contributed by atoms with E-state index in [2.05, 4.69) is 29.7 Å². The number of nitrogens with one attached hydrogen (secondary N) is 2. The summed E-state index contributed by atoms with van der Waals surface area (Å²) in [6, 6.07) is 14.2. The van der Waals surface area contributed by atoms with Crippen molar-refractivity contribution in [3.8, 4) is 0 Å². The van der Waals surface area contributed by atoms with E-state index in [4.69, 9.17) is 9.47 Å². The van der Waals surface area contributed by atoms with Crippen LogP contribution in [0.3, 0.4) is 0 Å². The minimum atomic E-state index is -0.721. The smallest absolute Gasteiger partial charge is 0.222 e. The number of aliphatic hydroxyl groups excluding tert-OH is 1. The standard InChI is InChI=1S/C24H29FN2O4/c1-15-4-2-3-5-17(15)13-26-14-21-23(29)24-20(31-21)10-19(30-24)11-22(28)27-12-16-6-8-18(25)9-7-16/h2-9,19-21,23-24,26,29H,10-14H2,1H3,(H,27,28). The van der Waals surface area contributed by atoms with Crippen molar-refractivity contribution in [2.75, 3.05) is 6.54 Å². The zero-order valence-corrected chi connectivity index (χ0v) is 17.6. The number of benzene rings is 2. The molecule has 0 saturated carbocycles. The highest BCUT2D eigenvalue weighted by molar-refractivity contribution is 5.76. The first-order chi connectivity index (χ1) is 15.0. The molecule has 31 heavy (non-hydrogen) atoms. The van der Waals surface area contributed by atoms with Crippen LogP contribution in [0.15, 0.2) is 48.5 Å². The fraction of sp³-hybridized carbons (Fsp3) is 0.458. The maximum atomic E-state index is 12.9. The van der Waals surface area contributed by atoms with E-state index >= 15 is 0 Å². The number of hydrogen-bond acceptors (Lipinski definition) is 5. The molecule has 6 nitrogen and oxygen atoms in total. The Morgan fingerprint density at radius 2 is 1.90 bits per heavy atom. The Balaban J connectivity index is 1.18. The van der Waals surface area contributed by atoms with Crippen molar-refractivity contribution in [3.63, 3.8) is 0 Å². The minimum absolute atomic E-state index is 0.139. The molecule has 0 aliphatic carbocycles. The van der Waals surface area contributed by atoms with Crippen LogP contribution in [0.25, 0.3) is 0 Å². The average Bonchev–Trinajstić information content (AvgIpc) is 3.27. The van der Waals surface area contributed by atoms with E-state index in [0.29, 0.717) is 26.1 Å². The zero-order chi connectivity index (χ0) is 21.8. The number of fused-ring (bicyclic) bond motifs is 1. The number of rotatable bonds is 8. The highest BCUT2D eigenvalue weighted by atomic mass is 19.1. The van der Waals surface area contributed by atoms with Crippen LogP contribution >= 0.6 is 0 Å². The van der Waals surface area contributed by atoms with Crippen molar-refractivity contribution in [2.24, 2.45) is 0 Å². The van der Waals surface area contributed by atoms with Crippen molar-refractivity contribution < 1.29 is 23.8 Å². The van der Waals surface area contributed by atoms with Crippen LogP contribution in [0.2, 0.25) is 0 Å². The normalized spacial score (nSPS) is 27.3. The summed E-state index contributed by atoms with van der Waals surface area (Å²) in [4.78, 5) is 12.2. The van der Waals surface area contributed by atoms with Gasteiger partial charge in [0.1, 0.15) is 18.0 Å². The molecule has 2 heterocycles. The number of amides is 1. The number of carbonyl (C=O) groups is 1. The number of ether oxygens (including phenoxy) is 2. The van der Waals surface area contributed by atoms with Gasteiger partial charge in [-0.1, -0.05) is 36.4 Å². The Kier molecular flexibility index (Phi) is 6.97. The predicted octanol–water partition coefficient (Wildman–Crippen LogP) is 2.22. The fourth-order valence-corrected chi connectivity index (χ4v) is 4.25. The largest absolute Gasteiger partial charge is 0.388 e. The Hall–Kier alpha value is -2.32. The lowest BCUT2D eigenvalue weighted by Gasteiger charge is -2.20. The molecule has 2 aliphatic heterocycles. The quantitative estimate of drug-likeness (QED) is 0.601. The zero-order valence-electron chi connectivity index (χ0n) is 17.6. The van der Waals surface area contributed by atoms with Crippen molar-refractivity contribution >= 4 is 5.91 Å². The summed E-state index contributed by atoms with van der Waals surface area (Å²) in [6.07, 6.45) is -1.14. The van der Waals surface area contributed by atoms with E-state index in [-0.39, 0.29) is 36.5 Å². The summed E-state index contributed by atoms with van der Waals surface area (Å²) in [7, 11) is 0. The summed E-state index contributed by atoms with van der Waals surface area (Å²) in [5.41, 5.74) is 3.28. The van der Waals surface area contributed by atoms with Gasteiger partial charge in [-0.05, 0) is 35.7 Å². The van der Waals surface area contributed by atoms with Gasteiger partial charge in [0.2, 0.25) is 5.91 Å². The molecular formula is C24H29FN2O4. The van der Waals surface area contributed by atoms with Gasteiger partial charge < -0.3 is 25.2 Å². The highest BCUT2D eigenvalue weighted by Crippen LogP contribution is 2.35. The summed E-state index contributed by atoms with van der Waals surface area (Å²) in [5, 5.41) is 16.8. The van der Waals surface area contributed by atoms with Gasteiger partial charge in [0, 0.05) is 26.1 Å². The highest BCUT2D eigenvalue weighted by Gasteiger charge is 2.50. The van der Waals surface area contributed by atoms with Gasteiger partial charge in [-0.3, -0.25) is 4.79 Å². The lowest BCUT2D eigenvalue weighted by atomic mass is 10.1. The van der Waals surface area contributed by atoms with E-state index < -0.39 is 12.2 Å². The van der Waals surface area contributed by atoms with Crippen LogP contribution in [0.1, 0.15) is 29.5 Å². The SMILES string of the molecule is Cc1ccccc1CNCC1OC2CC(CC(=O)NCc3ccc(F)cc3)OC2C1O. The van der Waals surface area contributed by atoms with Crippen LogP contribution in [0.5, 0.6) is 0 Å². The molecule has 2 aromatic carbocycles.